The highest BCUT2D eigenvalue weighted by atomic mass is 32.2. The van der Waals surface area contributed by atoms with Crippen LogP contribution >= 0.6 is 11.8 Å². The molecule has 1 fully saturated rings. The molecule has 1 aliphatic heterocycles. The van der Waals surface area contributed by atoms with Crippen LogP contribution in [0, 0.1) is 0 Å². The molecular weight excluding hydrogens is 358 g/mol. The lowest BCUT2D eigenvalue weighted by Crippen LogP contribution is -2.23. The van der Waals surface area contributed by atoms with Crippen molar-refractivity contribution < 1.29 is 9.59 Å². The predicted molar refractivity (Wildman–Crippen MR) is 109 cm³/mol. The van der Waals surface area contributed by atoms with Crippen LogP contribution in [0.3, 0.4) is 0 Å². The van der Waals surface area contributed by atoms with Gasteiger partial charge in [-0.15, -0.1) is 11.8 Å². The number of carbonyl (C=O) groups excluding carboxylic acids is 2. The first-order valence-corrected chi connectivity index (χ1v) is 9.86. The maximum atomic E-state index is 12.4. The van der Waals surface area contributed by atoms with Crippen LogP contribution in [0.1, 0.15) is 12.8 Å². The first kappa shape index (κ1) is 17.5. The Morgan fingerprint density at radius 1 is 1.15 bits per heavy atom. The fourth-order valence-corrected chi connectivity index (χ4v) is 4.05. The highest BCUT2D eigenvalue weighted by molar-refractivity contribution is 8.00. The number of hydrogen-bond donors (Lipinski definition) is 1. The Hall–Kier alpha value is -2.86. The zero-order valence-corrected chi connectivity index (χ0v) is 15.5. The van der Waals surface area contributed by atoms with Crippen LogP contribution in [0.25, 0.3) is 10.9 Å². The van der Waals surface area contributed by atoms with Crippen molar-refractivity contribution in [3.8, 4) is 0 Å². The molecule has 6 heteroatoms. The van der Waals surface area contributed by atoms with Crippen molar-refractivity contribution in [2.75, 3.05) is 22.5 Å². The van der Waals surface area contributed by atoms with Crippen molar-refractivity contribution in [1.29, 1.82) is 0 Å². The first-order valence-electron chi connectivity index (χ1n) is 8.87. The van der Waals surface area contributed by atoms with Gasteiger partial charge in [0.25, 0.3) is 0 Å². The smallest absolute Gasteiger partial charge is 0.234 e. The Balaban J connectivity index is 1.42. The lowest BCUT2D eigenvalue weighted by Gasteiger charge is -2.16. The van der Waals surface area contributed by atoms with Gasteiger partial charge in [-0.25, -0.2) is 0 Å². The van der Waals surface area contributed by atoms with E-state index >= 15 is 0 Å². The van der Waals surface area contributed by atoms with Crippen molar-refractivity contribution >= 4 is 45.9 Å². The number of aromatic nitrogens is 1. The van der Waals surface area contributed by atoms with Crippen LogP contribution in [0.4, 0.5) is 11.4 Å². The van der Waals surface area contributed by atoms with Crippen LogP contribution in [0.5, 0.6) is 0 Å². The highest BCUT2D eigenvalue weighted by Gasteiger charge is 2.21. The van der Waals surface area contributed by atoms with Crippen LogP contribution < -0.4 is 10.2 Å². The summed E-state index contributed by atoms with van der Waals surface area (Å²) >= 11 is 1.47. The number of fused-ring (bicyclic) bond motifs is 1. The monoisotopic (exact) mass is 377 g/mol. The van der Waals surface area contributed by atoms with E-state index in [1.54, 1.807) is 11.1 Å². The molecule has 0 aliphatic carbocycles. The molecule has 0 radical (unpaired) electrons. The molecule has 1 aromatic heterocycles. The maximum Gasteiger partial charge on any atom is 0.234 e. The van der Waals surface area contributed by atoms with E-state index < -0.39 is 0 Å². The summed E-state index contributed by atoms with van der Waals surface area (Å²) in [5.41, 5.74) is 2.45. The Bertz CT molecular complexity index is 1000. The van der Waals surface area contributed by atoms with E-state index in [1.165, 1.54) is 11.8 Å². The number of para-hydroxylation sites is 1. The molecule has 136 valence electrons. The van der Waals surface area contributed by atoms with Gasteiger partial charge in [0.2, 0.25) is 11.8 Å². The number of benzene rings is 2. The average molecular weight is 377 g/mol. The van der Waals surface area contributed by atoms with Crippen LogP contribution in [0.2, 0.25) is 0 Å². The molecule has 4 rings (SSSR count). The molecule has 2 heterocycles. The summed E-state index contributed by atoms with van der Waals surface area (Å²) in [6, 6.07) is 17.3. The molecule has 0 saturated carbocycles. The zero-order valence-electron chi connectivity index (χ0n) is 14.7. The third-order valence-corrected chi connectivity index (χ3v) is 5.52. The fraction of sp³-hybridized carbons (Fsp3) is 0.190. The van der Waals surface area contributed by atoms with Gasteiger partial charge in [-0.05, 0) is 36.8 Å². The molecule has 2 amide bonds. The second-order valence-electron chi connectivity index (χ2n) is 6.37. The van der Waals surface area contributed by atoms with Crippen molar-refractivity contribution in [2.24, 2.45) is 0 Å². The lowest BCUT2D eigenvalue weighted by molar-refractivity contribution is -0.117. The van der Waals surface area contributed by atoms with E-state index in [-0.39, 0.29) is 11.8 Å². The number of nitrogens with one attached hydrogen (secondary N) is 1. The molecule has 1 aliphatic rings. The molecule has 0 atom stereocenters. The summed E-state index contributed by atoms with van der Waals surface area (Å²) < 4.78 is 0. The van der Waals surface area contributed by atoms with Gasteiger partial charge >= 0.3 is 0 Å². The molecule has 2 aromatic carbocycles. The van der Waals surface area contributed by atoms with Gasteiger partial charge in [0.15, 0.2) is 0 Å². The van der Waals surface area contributed by atoms with Gasteiger partial charge in [0, 0.05) is 40.8 Å². The predicted octanol–water partition coefficient (Wildman–Crippen LogP) is 4.09. The number of carbonyl (C=O) groups is 2. The summed E-state index contributed by atoms with van der Waals surface area (Å²) in [5.74, 6) is 0.345. The number of rotatable bonds is 5. The standard InChI is InChI=1S/C21H19N3O2S/c25-19(14-27-18-9-1-5-15-6-3-11-22-21(15)18)23-16-7-2-8-17(13-16)24-12-4-10-20(24)26/h1-3,5-9,11,13H,4,10,12,14H2,(H,23,25). The van der Waals surface area contributed by atoms with Gasteiger partial charge in [-0.1, -0.05) is 24.3 Å². The van der Waals surface area contributed by atoms with E-state index in [0.717, 1.165) is 34.5 Å². The summed E-state index contributed by atoms with van der Waals surface area (Å²) in [4.78, 5) is 31.5. The Labute approximate surface area is 161 Å². The van der Waals surface area contributed by atoms with Crippen LogP contribution in [0.15, 0.2) is 65.7 Å². The minimum absolute atomic E-state index is 0.0853. The second-order valence-corrected chi connectivity index (χ2v) is 7.38. The molecule has 0 spiro atoms. The molecule has 1 saturated heterocycles. The number of hydrogen-bond acceptors (Lipinski definition) is 4. The third-order valence-electron chi connectivity index (χ3n) is 4.47. The molecule has 5 nitrogen and oxygen atoms in total. The van der Waals surface area contributed by atoms with Gasteiger partial charge in [0.1, 0.15) is 0 Å². The molecule has 1 N–H and O–H groups in total. The Morgan fingerprint density at radius 3 is 2.85 bits per heavy atom. The van der Waals surface area contributed by atoms with Crippen LogP contribution in [-0.2, 0) is 9.59 Å². The number of nitrogens with zero attached hydrogens (tertiary/aromatic N) is 2. The van der Waals surface area contributed by atoms with Gasteiger partial charge in [0.05, 0.1) is 11.3 Å². The maximum absolute atomic E-state index is 12.4. The molecule has 0 bridgehead atoms. The van der Waals surface area contributed by atoms with Crippen molar-refractivity contribution in [3.63, 3.8) is 0 Å². The summed E-state index contributed by atoms with van der Waals surface area (Å²) in [6.07, 6.45) is 3.23. The zero-order chi connectivity index (χ0) is 18.6. The number of amides is 2. The Morgan fingerprint density at radius 2 is 2.00 bits per heavy atom. The minimum Gasteiger partial charge on any atom is -0.325 e. The quantitative estimate of drug-likeness (QED) is 0.680. The van der Waals surface area contributed by atoms with Gasteiger partial charge < -0.3 is 10.2 Å². The summed E-state index contributed by atoms with van der Waals surface area (Å²) in [6.45, 7) is 0.736. The second kappa shape index (κ2) is 7.80. The van der Waals surface area contributed by atoms with Gasteiger partial charge in [-0.2, -0.15) is 0 Å². The molecular formula is C21H19N3O2S. The summed E-state index contributed by atoms with van der Waals surface area (Å²) in [7, 11) is 0. The first-order chi connectivity index (χ1) is 13.2. The Kier molecular flexibility index (Phi) is 5.07. The minimum atomic E-state index is -0.0853. The average Bonchev–Trinajstić information content (AvgIpc) is 3.12. The van der Waals surface area contributed by atoms with E-state index in [1.807, 2.05) is 54.6 Å². The van der Waals surface area contributed by atoms with Crippen molar-refractivity contribution in [2.45, 2.75) is 17.7 Å². The van der Waals surface area contributed by atoms with Crippen molar-refractivity contribution in [3.05, 3.63) is 60.8 Å². The number of anilines is 2. The van der Waals surface area contributed by atoms with Crippen LogP contribution in [-0.4, -0.2) is 29.1 Å². The van der Waals surface area contributed by atoms with E-state index in [2.05, 4.69) is 10.3 Å². The normalized spacial score (nSPS) is 13.9. The largest absolute Gasteiger partial charge is 0.325 e. The van der Waals surface area contributed by atoms with Crippen molar-refractivity contribution in [1.82, 2.24) is 4.98 Å². The number of pyridine rings is 1. The molecule has 27 heavy (non-hydrogen) atoms. The molecule has 0 unspecified atom stereocenters. The van der Waals surface area contributed by atoms with E-state index in [9.17, 15) is 9.59 Å². The topological polar surface area (TPSA) is 62.3 Å². The third kappa shape index (κ3) is 3.95. The fourth-order valence-electron chi connectivity index (χ4n) is 3.21. The van der Waals surface area contributed by atoms with E-state index in [0.29, 0.717) is 17.9 Å². The highest BCUT2D eigenvalue weighted by Crippen LogP contribution is 2.27. The molecule has 3 aromatic rings. The lowest BCUT2D eigenvalue weighted by atomic mass is 10.2. The van der Waals surface area contributed by atoms with E-state index in [4.69, 9.17) is 0 Å². The number of thioether (sulfide) groups is 1. The van der Waals surface area contributed by atoms with Gasteiger partial charge in [-0.3, -0.25) is 14.6 Å². The summed E-state index contributed by atoms with van der Waals surface area (Å²) in [5, 5.41) is 3.98. The SMILES string of the molecule is O=C(CSc1cccc2cccnc12)Nc1cccc(N2CCCC2=O)c1.